The van der Waals surface area contributed by atoms with Crippen LogP contribution in [-0.4, -0.2) is 70.6 Å². The monoisotopic (exact) mass is 499 g/mol. The van der Waals surface area contributed by atoms with Crippen LogP contribution >= 0.6 is 0 Å². The lowest BCUT2D eigenvalue weighted by atomic mass is 10.2. The first kappa shape index (κ1) is 24.9. The van der Waals surface area contributed by atoms with Crippen LogP contribution in [0.25, 0.3) is 0 Å². The molecule has 2 heterocycles. The molecule has 1 aliphatic heterocycles. The second-order valence-corrected chi connectivity index (χ2v) is 11.2. The molecule has 11 nitrogen and oxygen atoms in total. The molecule has 1 aromatic heterocycles. The predicted molar refractivity (Wildman–Crippen MR) is 118 cm³/mol. The van der Waals surface area contributed by atoms with E-state index in [2.05, 4.69) is 5.32 Å². The third-order valence-corrected chi connectivity index (χ3v) is 9.17. The van der Waals surface area contributed by atoms with Crippen molar-refractivity contribution in [2.45, 2.75) is 30.6 Å². The Balaban J connectivity index is 1.79. The van der Waals surface area contributed by atoms with Crippen LogP contribution in [0.3, 0.4) is 0 Å². The molecule has 0 unspecified atom stereocenters. The highest BCUT2D eigenvalue weighted by molar-refractivity contribution is 7.89. The summed E-state index contributed by atoms with van der Waals surface area (Å²) >= 11 is 0. The topological polar surface area (TPSA) is 143 Å². The second kappa shape index (κ2) is 9.25. The minimum absolute atomic E-state index is 0.0298. The Bertz CT molecular complexity index is 1270. The molecule has 1 fully saturated rings. The number of nitrogens with zero attached hydrogens (tertiary/aromatic N) is 2. The highest BCUT2D eigenvalue weighted by atomic mass is 32.2. The van der Waals surface area contributed by atoms with Gasteiger partial charge in [-0.1, -0.05) is 0 Å². The van der Waals surface area contributed by atoms with Crippen molar-refractivity contribution in [1.29, 1.82) is 0 Å². The van der Waals surface area contributed by atoms with Gasteiger partial charge in [0.1, 0.15) is 22.0 Å². The lowest BCUT2D eigenvalue weighted by molar-refractivity contribution is -0.114. The van der Waals surface area contributed by atoms with Gasteiger partial charge in [-0.05, 0) is 38.1 Å². The number of aryl methyl sites for hydroxylation is 2. The van der Waals surface area contributed by atoms with E-state index in [0.29, 0.717) is 5.69 Å². The van der Waals surface area contributed by atoms with E-state index in [1.165, 1.54) is 49.3 Å². The summed E-state index contributed by atoms with van der Waals surface area (Å²) in [6, 6.07) is 5.72. The van der Waals surface area contributed by atoms with Crippen molar-refractivity contribution in [3.8, 4) is 0 Å². The minimum Gasteiger partial charge on any atom is -0.465 e. The summed E-state index contributed by atoms with van der Waals surface area (Å²) in [6.45, 7) is 3.92. The summed E-state index contributed by atoms with van der Waals surface area (Å²) in [5, 5.41) is 2.56. The summed E-state index contributed by atoms with van der Waals surface area (Å²) in [6.07, 6.45) is 0. The quantitative estimate of drug-likeness (QED) is 0.587. The van der Waals surface area contributed by atoms with Gasteiger partial charge < -0.3 is 14.5 Å². The third kappa shape index (κ3) is 4.81. The lowest BCUT2D eigenvalue weighted by Crippen LogP contribution is -2.50. The van der Waals surface area contributed by atoms with Gasteiger partial charge in [0, 0.05) is 38.8 Å². The summed E-state index contributed by atoms with van der Waals surface area (Å²) in [5.41, 5.74) is 0.300. The van der Waals surface area contributed by atoms with Gasteiger partial charge in [0.05, 0.1) is 12.0 Å². The van der Waals surface area contributed by atoms with E-state index in [9.17, 15) is 26.4 Å². The number of anilines is 1. The van der Waals surface area contributed by atoms with Crippen molar-refractivity contribution < 1.29 is 35.6 Å². The highest BCUT2D eigenvalue weighted by Gasteiger charge is 2.39. The van der Waals surface area contributed by atoms with Crippen molar-refractivity contribution in [2.24, 2.45) is 0 Å². The molecule has 0 spiro atoms. The Kier molecular flexibility index (Phi) is 6.98. The number of furan rings is 1. The Morgan fingerprint density at radius 1 is 0.909 bits per heavy atom. The number of nitrogens with one attached hydrogen (secondary N) is 1. The molecule has 180 valence electrons. The first-order valence-corrected chi connectivity index (χ1v) is 12.8. The Morgan fingerprint density at radius 2 is 1.42 bits per heavy atom. The summed E-state index contributed by atoms with van der Waals surface area (Å²) in [4.78, 5) is 23.0. The summed E-state index contributed by atoms with van der Waals surface area (Å²) < 4.78 is 64.9. The number of carbonyl (C=O) groups is 2. The van der Waals surface area contributed by atoms with Crippen molar-refractivity contribution in [3.63, 3.8) is 0 Å². The van der Waals surface area contributed by atoms with Crippen LogP contribution in [0.4, 0.5) is 5.69 Å². The van der Waals surface area contributed by atoms with E-state index in [-0.39, 0.29) is 59.0 Å². The molecule has 0 aliphatic carbocycles. The molecule has 0 bridgehead atoms. The van der Waals surface area contributed by atoms with Crippen molar-refractivity contribution in [1.82, 2.24) is 8.61 Å². The average molecular weight is 500 g/mol. The van der Waals surface area contributed by atoms with E-state index >= 15 is 0 Å². The number of ether oxygens (including phenoxy) is 1. The van der Waals surface area contributed by atoms with E-state index in [1.54, 1.807) is 0 Å². The zero-order chi connectivity index (χ0) is 24.6. The Morgan fingerprint density at radius 3 is 1.91 bits per heavy atom. The normalized spacial score (nSPS) is 15.9. The van der Waals surface area contributed by atoms with E-state index < -0.39 is 26.0 Å². The largest absolute Gasteiger partial charge is 0.465 e. The Hall–Kier alpha value is -2.74. The van der Waals surface area contributed by atoms with Gasteiger partial charge in [-0.15, -0.1) is 0 Å². The Labute approximate surface area is 192 Å². The van der Waals surface area contributed by atoms with E-state index in [4.69, 9.17) is 9.15 Å². The molecular formula is C20H25N3O8S2. The number of rotatable bonds is 6. The van der Waals surface area contributed by atoms with Gasteiger partial charge in [0.15, 0.2) is 0 Å². The zero-order valence-electron chi connectivity index (χ0n) is 18.6. The van der Waals surface area contributed by atoms with Gasteiger partial charge >= 0.3 is 5.97 Å². The molecule has 0 saturated carbocycles. The average Bonchev–Trinajstić information content (AvgIpc) is 3.07. The molecule has 3 rings (SSSR count). The van der Waals surface area contributed by atoms with Gasteiger partial charge in [-0.3, -0.25) is 4.79 Å². The maximum Gasteiger partial charge on any atom is 0.342 e. The van der Waals surface area contributed by atoms with Gasteiger partial charge in [-0.25, -0.2) is 21.6 Å². The molecule has 0 atom stereocenters. The number of carbonyl (C=O) groups excluding carboxylic acids is 2. The molecule has 13 heteroatoms. The van der Waals surface area contributed by atoms with Crippen molar-refractivity contribution >= 4 is 37.6 Å². The molecule has 1 aromatic carbocycles. The van der Waals surface area contributed by atoms with Crippen LogP contribution in [0.5, 0.6) is 0 Å². The number of esters is 1. The minimum atomic E-state index is -4.13. The highest BCUT2D eigenvalue weighted by Crippen LogP contribution is 2.31. The summed E-state index contributed by atoms with van der Waals surface area (Å²) in [7, 11) is -6.85. The van der Waals surface area contributed by atoms with Crippen LogP contribution in [0.15, 0.2) is 38.5 Å². The van der Waals surface area contributed by atoms with Gasteiger partial charge in [-0.2, -0.15) is 8.61 Å². The SMILES string of the molecule is COC(=O)c1c(C)oc(C)c1S(=O)(=O)N1CCN(S(=O)(=O)c2ccc(NC(C)=O)cc2)CC1. The first-order valence-electron chi connectivity index (χ1n) is 9.96. The number of hydrogen-bond acceptors (Lipinski definition) is 8. The third-order valence-electron chi connectivity index (χ3n) is 5.20. The fraction of sp³-hybridized carbons (Fsp3) is 0.400. The molecule has 1 amide bonds. The lowest BCUT2D eigenvalue weighted by Gasteiger charge is -2.33. The van der Waals surface area contributed by atoms with Crippen molar-refractivity contribution in [3.05, 3.63) is 41.3 Å². The summed E-state index contributed by atoms with van der Waals surface area (Å²) in [5.74, 6) is -0.919. The van der Waals surface area contributed by atoms with Crippen LogP contribution in [0, 0.1) is 13.8 Å². The van der Waals surface area contributed by atoms with E-state index in [0.717, 1.165) is 11.4 Å². The smallest absolute Gasteiger partial charge is 0.342 e. The standard InChI is InChI=1S/C20H25N3O8S2/c1-13-18(20(25)30-4)19(14(2)31-13)33(28,29)23-11-9-22(10-12-23)32(26,27)17-7-5-16(6-8-17)21-15(3)24/h5-8H,9-12H2,1-4H3,(H,21,24). The molecule has 1 N–H and O–H groups in total. The van der Waals surface area contributed by atoms with Gasteiger partial charge in [0.2, 0.25) is 26.0 Å². The van der Waals surface area contributed by atoms with Crippen LogP contribution in [0.2, 0.25) is 0 Å². The maximum absolute atomic E-state index is 13.3. The predicted octanol–water partition coefficient (Wildman–Crippen LogP) is 1.34. The maximum atomic E-state index is 13.3. The van der Waals surface area contributed by atoms with Crippen LogP contribution < -0.4 is 5.32 Å². The molecular weight excluding hydrogens is 474 g/mol. The number of benzene rings is 1. The number of amides is 1. The molecule has 1 saturated heterocycles. The second-order valence-electron chi connectivity index (χ2n) is 7.42. The fourth-order valence-corrected chi connectivity index (χ4v) is 6.87. The van der Waals surface area contributed by atoms with Crippen LogP contribution in [0.1, 0.15) is 28.8 Å². The van der Waals surface area contributed by atoms with Crippen LogP contribution in [-0.2, 0) is 29.6 Å². The fourth-order valence-electron chi connectivity index (χ4n) is 3.65. The zero-order valence-corrected chi connectivity index (χ0v) is 20.2. The molecule has 2 aromatic rings. The molecule has 0 radical (unpaired) electrons. The number of hydrogen-bond donors (Lipinski definition) is 1. The molecule has 1 aliphatic rings. The van der Waals surface area contributed by atoms with Crippen molar-refractivity contribution in [2.75, 3.05) is 38.6 Å². The van der Waals surface area contributed by atoms with Gasteiger partial charge in [0.25, 0.3) is 0 Å². The number of sulfonamides is 2. The number of methoxy groups -OCH3 is 1. The van der Waals surface area contributed by atoms with E-state index in [1.807, 2.05) is 0 Å². The molecule has 33 heavy (non-hydrogen) atoms. The first-order chi connectivity index (χ1) is 15.4. The number of piperazine rings is 1.